The molecule has 2 atom stereocenters. The minimum atomic E-state index is -0.927. The van der Waals surface area contributed by atoms with Gasteiger partial charge in [-0.15, -0.1) is 0 Å². The zero-order valence-corrected chi connectivity index (χ0v) is 8.60. The summed E-state index contributed by atoms with van der Waals surface area (Å²) in [6.07, 6.45) is -0.392. The van der Waals surface area contributed by atoms with Gasteiger partial charge in [-0.3, -0.25) is 4.79 Å². The van der Waals surface area contributed by atoms with Crippen molar-refractivity contribution in [3.63, 3.8) is 0 Å². The highest BCUT2D eigenvalue weighted by atomic mass is 16.4. The Morgan fingerprint density at radius 1 is 1.43 bits per heavy atom. The lowest BCUT2D eigenvalue weighted by Crippen LogP contribution is -2.42. The minimum absolute atomic E-state index is 0.0974. The summed E-state index contributed by atoms with van der Waals surface area (Å²) < 4.78 is 0. The van der Waals surface area contributed by atoms with Gasteiger partial charge in [0.2, 0.25) is 0 Å². The maximum atomic E-state index is 10.7. The molecule has 0 aliphatic heterocycles. The second kappa shape index (κ2) is 6.75. The summed E-state index contributed by atoms with van der Waals surface area (Å²) in [7, 11) is 0. The average molecular weight is 205 g/mol. The van der Waals surface area contributed by atoms with Crippen molar-refractivity contribution in [1.82, 2.24) is 5.32 Å². The van der Waals surface area contributed by atoms with Crippen LogP contribution in [0.3, 0.4) is 0 Å². The Hall–Kier alpha value is -0.650. The molecule has 5 heteroatoms. The summed E-state index contributed by atoms with van der Waals surface area (Å²) in [6.45, 7) is 3.60. The van der Waals surface area contributed by atoms with Crippen LogP contribution in [0, 0.1) is 5.92 Å². The molecule has 2 unspecified atom stereocenters. The third-order valence-electron chi connectivity index (χ3n) is 1.82. The molecule has 0 aromatic rings. The van der Waals surface area contributed by atoms with Gasteiger partial charge in [0.05, 0.1) is 12.7 Å². The molecule has 0 saturated heterocycles. The SMILES string of the molecule is CC(C)CC(NCC(O)CO)C(=O)O. The van der Waals surface area contributed by atoms with Gasteiger partial charge in [0.1, 0.15) is 6.04 Å². The number of carboxylic acid groups (broad SMARTS) is 1. The summed E-state index contributed by atoms with van der Waals surface area (Å²) in [6, 6.07) is -0.656. The predicted molar refractivity (Wildman–Crippen MR) is 52.0 cm³/mol. The van der Waals surface area contributed by atoms with Crippen molar-refractivity contribution in [2.75, 3.05) is 13.2 Å². The lowest BCUT2D eigenvalue weighted by Gasteiger charge is -2.17. The molecule has 0 aromatic heterocycles. The molecule has 0 fully saturated rings. The fourth-order valence-electron chi connectivity index (χ4n) is 1.09. The van der Waals surface area contributed by atoms with E-state index in [0.29, 0.717) is 6.42 Å². The highest BCUT2D eigenvalue weighted by Gasteiger charge is 2.18. The number of nitrogens with one attached hydrogen (secondary N) is 1. The first-order valence-electron chi connectivity index (χ1n) is 4.72. The van der Waals surface area contributed by atoms with E-state index in [0.717, 1.165) is 0 Å². The zero-order chi connectivity index (χ0) is 11.1. The molecule has 14 heavy (non-hydrogen) atoms. The quantitative estimate of drug-likeness (QED) is 0.447. The van der Waals surface area contributed by atoms with E-state index in [4.69, 9.17) is 15.3 Å². The number of hydrogen-bond acceptors (Lipinski definition) is 4. The van der Waals surface area contributed by atoms with Crippen LogP contribution in [0.2, 0.25) is 0 Å². The lowest BCUT2D eigenvalue weighted by atomic mass is 10.0. The highest BCUT2D eigenvalue weighted by molar-refractivity contribution is 5.73. The molecule has 0 heterocycles. The first kappa shape index (κ1) is 13.4. The van der Waals surface area contributed by atoms with Crippen molar-refractivity contribution in [3.8, 4) is 0 Å². The molecule has 0 aliphatic rings. The van der Waals surface area contributed by atoms with Crippen molar-refractivity contribution < 1.29 is 20.1 Å². The van der Waals surface area contributed by atoms with Crippen LogP contribution < -0.4 is 5.32 Å². The van der Waals surface area contributed by atoms with Crippen LogP contribution in [0.5, 0.6) is 0 Å². The van der Waals surface area contributed by atoms with Gasteiger partial charge in [0, 0.05) is 6.54 Å². The van der Waals surface area contributed by atoms with Crippen LogP contribution in [-0.4, -0.2) is 46.6 Å². The minimum Gasteiger partial charge on any atom is -0.480 e. The van der Waals surface area contributed by atoms with Crippen LogP contribution in [-0.2, 0) is 4.79 Å². The number of aliphatic hydroxyl groups excluding tert-OH is 2. The molecule has 84 valence electrons. The summed E-state index contributed by atoms with van der Waals surface area (Å²) in [5, 5.41) is 29.0. The third kappa shape index (κ3) is 5.90. The highest BCUT2D eigenvalue weighted by Crippen LogP contribution is 2.04. The van der Waals surface area contributed by atoms with Crippen LogP contribution in [0.1, 0.15) is 20.3 Å². The molecule has 5 nitrogen and oxygen atoms in total. The number of aliphatic carboxylic acids is 1. The van der Waals surface area contributed by atoms with E-state index >= 15 is 0 Å². The van der Waals surface area contributed by atoms with E-state index in [2.05, 4.69) is 5.32 Å². The van der Waals surface area contributed by atoms with Crippen molar-refractivity contribution >= 4 is 5.97 Å². The van der Waals surface area contributed by atoms with E-state index in [1.165, 1.54) is 0 Å². The van der Waals surface area contributed by atoms with Gasteiger partial charge < -0.3 is 20.6 Å². The Morgan fingerprint density at radius 2 is 2.00 bits per heavy atom. The molecular weight excluding hydrogens is 186 g/mol. The van der Waals surface area contributed by atoms with Crippen molar-refractivity contribution in [2.24, 2.45) is 5.92 Å². The van der Waals surface area contributed by atoms with Crippen LogP contribution in [0.15, 0.2) is 0 Å². The number of hydrogen-bond donors (Lipinski definition) is 4. The molecule has 0 aromatic carbocycles. The summed E-state index contributed by atoms with van der Waals surface area (Å²) in [5.41, 5.74) is 0. The second-order valence-electron chi connectivity index (χ2n) is 3.77. The lowest BCUT2D eigenvalue weighted by molar-refractivity contribution is -0.140. The summed E-state index contributed by atoms with van der Waals surface area (Å²) in [4.78, 5) is 10.7. The van der Waals surface area contributed by atoms with Crippen LogP contribution in [0.25, 0.3) is 0 Å². The smallest absolute Gasteiger partial charge is 0.320 e. The Balaban J connectivity index is 3.91. The van der Waals surface area contributed by atoms with E-state index in [-0.39, 0.29) is 19.1 Å². The molecule has 0 amide bonds. The van der Waals surface area contributed by atoms with Crippen molar-refractivity contribution in [2.45, 2.75) is 32.4 Å². The maximum absolute atomic E-state index is 10.7. The normalized spacial score (nSPS) is 15.5. The first-order valence-corrected chi connectivity index (χ1v) is 4.72. The monoisotopic (exact) mass is 205 g/mol. The Labute approximate surface area is 83.8 Å². The number of carboxylic acids is 1. The van der Waals surface area contributed by atoms with E-state index in [1.807, 2.05) is 13.8 Å². The summed E-state index contributed by atoms with van der Waals surface area (Å²) in [5.74, 6) is -0.654. The Kier molecular flexibility index (Phi) is 6.44. The Morgan fingerprint density at radius 3 is 2.36 bits per heavy atom. The van der Waals surface area contributed by atoms with Crippen LogP contribution >= 0.6 is 0 Å². The van der Waals surface area contributed by atoms with Crippen LogP contribution in [0.4, 0.5) is 0 Å². The van der Waals surface area contributed by atoms with Gasteiger partial charge in [-0.1, -0.05) is 13.8 Å². The van der Waals surface area contributed by atoms with E-state index in [9.17, 15) is 4.79 Å². The molecule has 0 saturated carbocycles. The number of aliphatic hydroxyl groups is 2. The predicted octanol–water partition coefficient (Wildman–Crippen LogP) is -0.571. The van der Waals surface area contributed by atoms with Gasteiger partial charge >= 0.3 is 5.97 Å². The van der Waals surface area contributed by atoms with Gasteiger partial charge in [-0.2, -0.15) is 0 Å². The number of carbonyl (C=O) groups is 1. The zero-order valence-electron chi connectivity index (χ0n) is 8.60. The van der Waals surface area contributed by atoms with Gasteiger partial charge in [0.25, 0.3) is 0 Å². The molecule has 4 N–H and O–H groups in total. The van der Waals surface area contributed by atoms with E-state index in [1.54, 1.807) is 0 Å². The molecular formula is C9H19NO4. The Bertz CT molecular complexity index is 172. The van der Waals surface area contributed by atoms with Crippen molar-refractivity contribution in [1.29, 1.82) is 0 Å². The third-order valence-corrected chi connectivity index (χ3v) is 1.82. The summed E-state index contributed by atoms with van der Waals surface area (Å²) >= 11 is 0. The largest absolute Gasteiger partial charge is 0.480 e. The van der Waals surface area contributed by atoms with E-state index < -0.39 is 18.1 Å². The second-order valence-corrected chi connectivity index (χ2v) is 3.77. The average Bonchev–Trinajstić information content (AvgIpc) is 2.10. The van der Waals surface area contributed by atoms with Crippen molar-refractivity contribution in [3.05, 3.63) is 0 Å². The molecule has 0 bridgehead atoms. The fourth-order valence-corrected chi connectivity index (χ4v) is 1.09. The molecule has 0 rings (SSSR count). The standard InChI is InChI=1S/C9H19NO4/c1-6(2)3-8(9(13)14)10-4-7(12)5-11/h6-8,10-12H,3-5H2,1-2H3,(H,13,14). The first-order chi connectivity index (χ1) is 6.47. The van der Waals surface area contributed by atoms with Gasteiger partial charge in [0.15, 0.2) is 0 Å². The molecule has 0 radical (unpaired) electrons. The van der Waals surface area contributed by atoms with Gasteiger partial charge in [-0.05, 0) is 12.3 Å². The molecule has 0 aliphatic carbocycles. The topological polar surface area (TPSA) is 89.8 Å². The molecule has 0 spiro atoms. The fraction of sp³-hybridized carbons (Fsp3) is 0.889. The van der Waals surface area contributed by atoms with Gasteiger partial charge in [-0.25, -0.2) is 0 Å². The number of rotatable bonds is 7. The maximum Gasteiger partial charge on any atom is 0.320 e.